The van der Waals surface area contributed by atoms with Crippen molar-refractivity contribution >= 4 is 22.8 Å². The van der Waals surface area contributed by atoms with Crippen molar-refractivity contribution in [3.05, 3.63) is 61.7 Å². The number of amides is 1. The van der Waals surface area contributed by atoms with Crippen LogP contribution in [0.5, 0.6) is 0 Å². The molecule has 1 aliphatic carbocycles. The normalized spacial score (nSPS) is 22.0. The van der Waals surface area contributed by atoms with Gasteiger partial charge in [0.1, 0.15) is 12.4 Å². The molecule has 2 unspecified atom stereocenters. The van der Waals surface area contributed by atoms with E-state index >= 15 is 4.39 Å². The van der Waals surface area contributed by atoms with E-state index in [0.717, 1.165) is 22.1 Å². The van der Waals surface area contributed by atoms with Gasteiger partial charge < -0.3 is 25.9 Å². The number of aliphatic hydroxyl groups is 1. The molecule has 2 aliphatic heterocycles. The highest BCUT2D eigenvalue weighted by atomic mass is 19.1. The number of hydrogen-bond donors (Lipinski definition) is 3. The van der Waals surface area contributed by atoms with Gasteiger partial charge in [0.2, 0.25) is 5.91 Å². The summed E-state index contributed by atoms with van der Waals surface area (Å²) in [7, 11) is 0. The largest absolute Gasteiger partial charge is 0.458 e. The van der Waals surface area contributed by atoms with Crippen molar-refractivity contribution in [2.45, 2.75) is 58.3 Å². The second-order valence-corrected chi connectivity index (χ2v) is 10.7. The summed E-state index contributed by atoms with van der Waals surface area (Å²) in [5.74, 6) is -1.82. The van der Waals surface area contributed by atoms with Gasteiger partial charge in [0.25, 0.3) is 5.56 Å². The van der Waals surface area contributed by atoms with Gasteiger partial charge in [0.05, 0.1) is 29.0 Å². The van der Waals surface area contributed by atoms with Gasteiger partial charge in [-0.25, -0.2) is 14.2 Å². The molecule has 0 radical (unpaired) electrons. The van der Waals surface area contributed by atoms with Gasteiger partial charge in [-0.05, 0) is 67.3 Å². The van der Waals surface area contributed by atoms with Crippen LogP contribution in [-0.4, -0.2) is 33.1 Å². The van der Waals surface area contributed by atoms with Crippen molar-refractivity contribution in [2.24, 2.45) is 23.3 Å². The van der Waals surface area contributed by atoms with Gasteiger partial charge in [-0.2, -0.15) is 0 Å². The number of carbonyl (C=O) groups is 2. The molecule has 3 aliphatic rings. The highest BCUT2D eigenvalue weighted by molar-refractivity contribution is 5.93. The fraction of sp³-hybridized carbons (Fsp3) is 0.429. The summed E-state index contributed by atoms with van der Waals surface area (Å²) in [5, 5.41) is 12.0. The summed E-state index contributed by atoms with van der Waals surface area (Å²) in [6.07, 6.45) is 1.31. The molecular formula is C28H29FN4O5. The average molecular weight is 521 g/mol. The lowest BCUT2D eigenvalue weighted by Crippen LogP contribution is -2.44. The number of halogens is 1. The van der Waals surface area contributed by atoms with E-state index in [0.29, 0.717) is 35.3 Å². The molecule has 0 saturated carbocycles. The smallest absolute Gasteiger partial charge is 0.343 e. The van der Waals surface area contributed by atoms with Crippen LogP contribution in [-0.2, 0) is 45.9 Å². The first kappa shape index (κ1) is 24.7. The number of hydrogen-bond acceptors (Lipinski definition) is 7. The van der Waals surface area contributed by atoms with Crippen LogP contribution in [0.1, 0.15) is 53.1 Å². The van der Waals surface area contributed by atoms with Crippen molar-refractivity contribution in [1.82, 2.24) is 9.55 Å². The Bertz CT molecular complexity index is 1630. The Hall–Kier alpha value is -3.63. The summed E-state index contributed by atoms with van der Waals surface area (Å²) < 4.78 is 21.9. The standard InChI is InChI=1S/C28H29FN4O5/c1-3-28(37)19-7-22-25-17(10-33(22)26(35)18(19)11-38-27(28)36)16-5-13(14(9-30)6-23(31)34)4-15-12(2)20(29)8-21(32-25)24(15)16/h7-8,13-14,37H,3-6,9-11,30H2,1-2H3,(H2,31,34)/t13?,14?,28-/m0/s1. The van der Waals surface area contributed by atoms with Crippen LogP contribution in [0.3, 0.4) is 0 Å². The van der Waals surface area contributed by atoms with Crippen molar-refractivity contribution in [1.29, 1.82) is 0 Å². The fourth-order valence-electron chi connectivity index (χ4n) is 6.60. The summed E-state index contributed by atoms with van der Waals surface area (Å²) >= 11 is 0. The molecule has 198 valence electrons. The number of benzene rings is 1. The quantitative estimate of drug-likeness (QED) is 0.339. The molecule has 9 nitrogen and oxygen atoms in total. The molecule has 0 bridgehead atoms. The first-order valence-electron chi connectivity index (χ1n) is 12.9. The van der Waals surface area contributed by atoms with E-state index in [9.17, 15) is 19.5 Å². The molecule has 0 fully saturated rings. The molecule has 2 aromatic heterocycles. The second-order valence-electron chi connectivity index (χ2n) is 10.7. The van der Waals surface area contributed by atoms with E-state index in [1.807, 2.05) is 0 Å². The minimum Gasteiger partial charge on any atom is -0.458 e. The number of primary amides is 1. The predicted octanol–water partition coefficient (Wildman–Crippen LogP) is 1.69. The second kappa shape index (κ2) is 8.44. The Morgan fingerprint density at radius 1 is 1.26 bits per heavy atom. The van der Waals surface area contributed by atoms with Crippen LogP contribution in [0.15, 0.2) is 16.9 Å². The van der Waals surface area contributed by atoms with E-state index in [-0.39, 0.29) is 66.9 Å². The van der Waals surface area contributed by atoms with E-state index in [2.05, 4.69) is 0 Å². The maximum Gasteiger partial charge on any atom is 0.343 e. The van der Waals surface area contributed by atoms with Crippen LogP contribution >= 0.6 is 0 Å². The number of esters is 1. The average Bonchev–Trinajstić information content (AvgIpc) is 3.27. The molecule has 0 saturated heterocycles. The topological polar surface area (TPSA) is 151 Å². The molecule has 3 atom stereocenters. The third-order valence-corrected chi connectivity index (χ3v) is 8.78. The van der Waals surface area contributed by atoms with Crippen LogP contribution in [0.25, 0.3) is 22.3 Å². The van der Waals surface area contributed by atoms with Gasteiger partial charge in [-0.3, -0.25) is 9.59 Å². The Morgan fingerprint density at radius 3 is 2.68 bits per heavy atom. The lowest BCUT2D eigenvalue weighted by atomic mass is 9.73. The van der Waals surface area contributed by atoms with E-state index in [4.69, 9.17) is 21.2 Å². The van der Waals surface area contributed by atoms with Gasteiger partial charge in [-0.1, -0.05) is 6.92 Å². The molecule has 6 rings (SSSR count). The molecule has 1 amide bonds. The van der Waals surface area contributed by atoms with Crippen LogP contribution in [0.4, 0.5) is 4.39 Å². The van der Waals surface area contributed by atoms with Crippen LogP contribution in [0, 0.1) is 24.6 Å². The Morgan fingerprint density at radius 2 is 2.00 bits per heavy atom. The third kappa shape index (κ3) is 3.29. The Labute approximate surface area is 217 Å². The van der Waals surface area contributed by atoms with Crippen molar-refractivity contribution in [3.8, 4) is 11.4 Å². The highest BCUT2D eigenvalue weighted by Gasteiger charge is 2.46. The molecule has 38 heavy (non-hydrogen) atoms. The summed E-state index contributed by atoms with van der Waals surface area (Å²) in [6.45, 7) is 3.70. The maximum atomic E-state index is 15.1. The summed E-state index contributed by atoms with van der Waals surface area (Å²) in [4.78, 5) is 42.7. The molecule has 0 spiro atoms. The van der Waals surface area contributed by atoms with Gasteiger partial charge >= 0.3 is 5.97 Å². The molecule has 10 heteroatoms. The molecule has 1 aromatic carbocycles. The minimum atomic E-state index is -1.93. The van der Waals surface area contributed by atoms with Crippen LogP contribution in [0.2, 0.25) is 0 Å². The van der Waals surface area contributed by atoms with Crippen LogP contribution < -0.4 is 17.0 Å². The summed E-state index contributed by atoms with van der Waals surface area (Å²) in [6, 6.07) is 3.07. The number of carbonyl (C=O) groups excluding carboxylic acids is 2. The zero-order valence-corrected chi connectivity index (χ0v) is 21.3. The number of cyclic esters (lactones) is 1. The number of fused-ring (bicyclic) bond motifs is 5. The molecular weight excluding hydrogens is 491 g/mol. The minimum absolute atomic E-state index is 0.0416. The van der Waals surface area contributed by atoms with Crippen molar-refractivity contribution < 1.29 is 23.8 Å². The lowest BCUT2D eigenvalue weighted by molar-refractivity contribution is -0.172. The summed E-state index contributed by atoms with van der Waals surface area (Å²) in [5.41, 5.74) is 14.4. The lowest BCUT2D eigenvalue weighted by Gasteiger charge is -2.32. The number of aromatic nitrogens is 2. The number of ether oxygens (including phenoxy) is 1. The van der Waals surface area contributed by atoms with E-state index < -0.39 is 17.5 Å². The Kier molecular flexibility index (Phi) is 5.48. The highest BCUT2D eigenvalue weighted by Crippen LogP contribution is 2.45. The zero-order chi connectivity index (χ0) is 27.1. The predicted molar refractivity (Wildman–Crippen MR) is 136 cm³/mol. The first-order valence-corrected chi connectivity index (χ1v) is 12.9. The number of nitrogens with two attached hydrogens (primary N) is 2. The molecule has 3 aromatic rings. The number of pyridine rings is 2. The maximum absolute atomic E-state index is 15.1. The molecule has 4 heterocycles. The number of nitrogens with zero attached hydrogens (tertiary/aromatic N) is 2. The van der Waals surface area contributed by atoms with Crippen molar-refractivity contribution in [3.63, 3.8) is 0 Å². The van der Waals surface area contributed by atoms with Crippen molar-refractivity contribution in [2.75, 3.05) is 6.54 Å². The number of rotatable bonds is 5. The Balaban J connectivity index is 1.60. The first-order chi connectivity index (χ1) is 18.1. The monoisotopic (exact) mass is 520 g/mol. The SMILES string of the molecule is CC[C@@]1(O)C(=O)OCc2c1cc1n(c2=O)Cc2c-1nc1cc(F)c(C)c3c1c2CC(C(CN)CC(N)=O)C3. The van der Waals surface area contributed by atoms with Gasteiger partial charge in [-0.15, -0.1) is 0 Å². The third-order valence-electron chi connectivity index (χ3n) is 8.78. The van der Waals surface area contributed by atoms with Gasteiger partial charge in [0, 0.05) is 29.0 Å². The molecule has 5 N–H and O–H groups in total. The fourth-order valence-corrected chi connectivity index (χ4v) is 6.60. The van der Waals surface area contributed by atoms with E-state index in [1.54, 1.807) is 24.5 Å². The van der Waals surface area contributed by atoms with Gasteiger partial charge in [0.15, 0.2) is 5.60 Å². The van der Waals surface area contributed by atoms with E-state index in [1.165, 1.54) is 6.07 Å². The zero-order valence-electron chi connectivity index (χ0n) is 21.3.